The van der Waals surface area contributed by atoms with Crippen LogP contribution >= 0.6 is 43.2 Å². The first-order valence-corrected chi connectivity index (χ1v) is 9.15. The number of carbonyl (C=O) groups is 2. The average molecular weight is 439 g/mol. The van der Waals surface area contributed by atoms with Crippen LogP contribution < -0.4 is 11.1 Å². The summed E-state index contributed by atoms with van der Waals surface area (Å²) in [6, 6.07) is 1.81. The third kappa shape index (κ3) is 4.28. The molecule has 1 aromatic heterocycles. The lowest BCUT2D eigenvalue weighted by Gasteiger charge is -2.32. The van der Waals surface area contributed by atoms with Crippen molar-refractivity contribution in [2.75, 3.05) is 26.2 Å². The van der Waals surface area contributed by atoms with Gasteiger partial charge in [0.25, 0.3) is 5.91 Å². The summed E-state index contributed by atoms with van der Waals surface area (Å²) < 4.78 is 1.72. The maximum atomic E-state index is 12.5. The maximum Gasteiger partial charge on any atom is 0.255 e. The second-order valence-electron chi connectivity index (χ2n) is 4.91. The van der Waals surface area contributed by atoms with Crippen LogP contribution in [0, 0.1) is 5.92 Å². The highest BCUT2D eigenvalue weighted by Gasteiger charge is 2.29. The van der Waals surface area contributed by atoms with Crippen molar-refractivity contribution in [3.63, 3.8) is 0 Å². The molecule has 1 unspecified atom stereocenters. The largest absolute Gasteiger partial charge is 0.355 e. The SMILES string of the molecule is NCCNC(=O)C1CCCN(C(=O)c2cc(Br)sc2Br)C1. The first kappa shape index (κ1) is 16.9. The number of amides is 2. The lowest BCUT2D eigenvalue weighted by Crippen LogP contribution is -2.46. The monoisotopic (exact) mass is 437 g/mol. The van der Waals surface area contributed by atoms with Gasteiger partial charge >= 0.3 is 0 Å². The summed E-state index contributed by atoms with van der Waals surface area (Å²) in [7, 11) is 0. The highest BCUT2D eigenvalue weighted by Crippen LogP contribution is 2.33. The molecule has 2 rings (SSSR count). The first-order valence-electron chi connectivity index (χ1n) is 6.74. The van der Waals surface area contributed by atoms with Crippen LogP contribution in [0.2, 0.25) is 0 Å². The smallest absolute Gasteiger partial charge is 0.255 e. The maximum absolute atomic E-state index is 12.5. The number of nitrogens with zero attached hydrogens (tertiary/aromatic N) is 1. The van der Waals surface area contributed by atoms with Crippen LogP contribution in [0.1, 0.15) is 23.2 Å². The van der Waals surface area contributed by atoms with Crippen molar-refractivity contribution < 1.29 is 9.59 Å². The highest BCUT2D eigenvalue weighted by molar-refractivity contribution is 9.12. The Balaban J connectivity index is 2.02. The Labute approximate surface area is 144 Å². The normalized spacial score (nSPS) is 18.6. The number of thiophene rings is 1. The molecule has 3 N–H and O–H groups in total. The first-order chi connectivity index (χ1) is 10.0. The Kier molecular flexibility index (Phi) is 6.21. The van der Waals surface area contributed by atoms with Crippen molar-refractivity contribution in [2.24, 2.45) is 11.7 Å². The van der Waals surface area contributed by atoms with Crippen LogP contribution in [0.3, 0.4) is 0 Å². The summed E-state index contributed by atoms with van der Waals surface area (Å²) in [5, 5.41) is 2.80. The summed E-state index contributed by atoms with van der Waals surface area (Å²) in [4.78, 5) is 26.3. The molecule has 1 aliphatic heterocycles. The molecule has 1 aromatic rings. The second kappa shape index (κ2) is 7.71. The Morgan fingerprint density at radius 3 is 2.86 bits per heavy atom. The van der Waals surface area contributed by atoms with E-state index in [-0.39, 0.29) is 17.7 Å². The molecule has 0 aromatic carbocycles. The van der Waals surface area contributed by atoms with Gasteiger partial charge in [-0.05, 0) is 50.8 Å². The van der Waals surface area contributed by atoms with Gasteiger partial charge in [0.2, 0.25) is 5.91 Å². The van der Waals surface area contributed by atoms with E-state index in [0.29, 0.717) is 31.7 Å². The number of carbonyl (C=O) groups excluding carboxylic acids is 2. The molecule has 116 valence electrons. The van der Waals surface area contributed by atoms with E-state index in [2.05, 4.69) is 37.2 Å². The van der Waals surface area contributed by atoms with E-state index in [9.17, 15) is 9.59 Å². The zero-order valence-corrected chi connectivity index (χ0v) is 15.4. The van der Waals surface area contributed by atoms with Gasteiger partial charge < -0.3 is 16.0 Å². The number of nitrogens with two attached hydrogens (primary N) is 1. The molecule has 8 heteroatoms. The molecule has 0 radical (unpaired) electrons. The van der Waals surface area contributed by atoms with Crippen molar-refractivity contribution in [1.29, 1.82) is 0 Å². The van der Waals surface area contributed by atoms with Gasteiger partial charge in [-0.2, -0.15) is 0 Å². The molecule has 0 spiro atoms. The molecule has 2 amide bonds. The van der Waals surface area contributed by atoms with E-state index in [1.54, 1.807) is 4.90 Å². The van der Waals surface area contributed by atoms with Crippen molar-refractivity contribution in [3.8, 4) is 0 Å². The fourth-order valence-electron chi connectivity index (χ4n) is 2.37. The van der Waals surface area contributed by atoms with Crippen LogP contribution in [0.25, 0.3) is 0 Å². The number of hydrogen-bond donors (Lipinski definition) is 2. The zero-order valence-electron chi connectivity index (χ0n) is 11.4. The van der Waals surface area contributed by atoms with Gasteiger partial charge in [0.15, 0.2) is 0 Å². The van der Waals surface area contributed by atoms with Crippen molar-refractivity contribution in [3.05, 3.63) is 19.2 Å². The van der Waals surface area contributed by atoms with Gasteiger partial charge in [-0.25, -0.2) is 0 Å². The molecule has 0 aliphatic carbocycles. The molecule has 1 atom stereocenters. The molecule has 5 nitrogen and oxygen atoms in total. The fourth-order valence-corrected chi connectivity index (χ4v) is 5.15. The number of piperidine rings is 1. The minimum atomic E-state index is -0.143. The Morgan fingerprint density at radius 1 is 1.48 bits per heavy atom. The molecule has 1 aliphatic rings. The molecule has 1 saturated heterocycles. The van der Waals surface area contributed by atoms with Gasteiger partial charge in [-0.3, -0.25) is 9.59 Å². The standard InChI is InChI=1S/C13H17Br2N3O2S/c14-10-6-9(11(15)21-10)13(20)18-5-1-2-8(7-18)12(19)17-4-3-16/h6,8H,1-5,7,16H2,(H,17,19). The predicted octanol–water partition coefficient (Wildman–Crippen LogP) is 2.20. The number of rotatable bonds is 4. The molecule has 0 saturated carbocycles. The van der Waals surface area contributed by atoms with Crippen molar-refractivity contribution in [2.45, 2.75) is 12.8 Å². The predicted molar refractivity (Wildman–Crippen MR) is 90.4 cm³/mol. The Morgan fingerprint density at radius 2 is 2.24 bits per heavy atom. The van der Waals surface area contributed by atoms with E-state index in [4.69, 9.17) is 5.73 Å². The summed E-state index contributed by atoms with van der Waals surface area (Å²) in [6.07, 6.45) is 1.66. The van der Waals surface area contributed by atoms with E-state index >= 15 is 0 Å². The van der Waals surface area contributed by atoms with Gasteiger partial charge in [0.05, 0.1) is 19.1 Å². The van der Waals surface area contributed by atoms with E-state index < -0.39 is 0 Å². The average Bonchev–Trinajstić information content (AvgIpc) is 2.82. The minimum absolute atomic E-state index is 0.0106. The summed E-state index contributed by atoms with van der Waals surface area (Å²) in [5.41, 5.74) is 6.04. The second-order valence-corrected chi connectivity index (χ2v) is 8.66. The highest BCUT2D eigenvalue weighted by atomic mass is 79.9. The molecule has 1 fully saturated rings. The molecular formula is C13H17Br2N3O2S. The van der Waals surface area contributed by atoms with E-state index in [0.717, 1.165) is 20.4 Å². The van der Waals surface area contributed by atoms with Crippen LogP contribution in [-0.2, 0) is 4.79 Å². The van der Waals surface area contributed by atoms with Crippen molar-refractivity contribution in [1.82, 2.24) is 10.2 Å². The summed E-state index contributed by atoms with van der Waals surface area (Å²) in [5.74, 6) is -0.182. The quantitative estimate of drug-likeness (QED) is 0.756. The lowest BCUT2D eigenvalue weighted by atomic mass is 9.96. The summed E-state index contributed by atoms with van der Waals surface area (Å²) >= 11 is 8.26. The van der Waals surface area contributed by atoms with Gasteiger partial charge in [0, 0.05) is 26.2 Å². The van der Waals surface area contributed by atoms with Crippen molar-refractivity contribution >= 4 is 55.0 Å². The third-order valence-electron chi connectivity index (χ3n) is 3.41. The van der Waals surface area contributed by atoms with Gasteiger partial charge in [-0.1, -0.05) is 0 Å². The third-order valence-corrected chi connectivity index (χ3v) is 5.75. The number of halogens is 2. The zero-order chi connectivity index (χ0) is 15.4. The Bertz CT molecular complexity index is 535. The van der Waals surface area contributed by atoms with E-state index in [1.807, 2.05) is 6.07 Å². The minimum Gasteiger partial charge on any atom is -0.355 e. The summed E-state index contributed by atoms with van der Waals surface area (Å²) in [6.45, 7) is 2.07. The topological polar surface area (TPSA) is 75.4 Å². The lowest BCUT2D eigenvalue weighted by molar-refractivity contribution is -0.126. The van der Waals surface area contributed by atoms with Crippen LogP contribution in [0.4, 0.5) is 0 Å². The number of hydrogen-bond acceptors (Lipinski definition) is 4. The molecular weight excluding hydrogens is 422 g/mol. The molecule has 21 heavy (non-hydrogen) atoms. The Hall–Kier alpha value is -0.440. The molecule has 0 bridgehead atoms. The van der Waals surface area contributed by atoms with Crippen LogP contribution in [0.15, 0.2) is 13.6 Å². The van der Waals surface area contributed by atoms with E-state index in [1.165, 1.54) is 11.3 Å². The van der Waals surface area contributed by atoms with Crippen LogP contribution in [-0.4, -0.2) is 42.9 Å². The fraction of sp³-hybridized carbons (Fsp3) is 0.538. The number of nitrogens with one attached hydrogen (secondary N) is 1. The van der Waals surface area contributed by atoms with Crippen LogP contribution in [0.5, 0.6) is 0 Å². The van der Waals surface area contributed by atoms with Gasteiger partial charge in [-0.15, -0.1) is 11.3 Å². The van der Waals surface area contributed by atoms with Gasteiger partial charge in [0.1, 0.15) is 0 Å². The number of likely N-dealkylation sites (tertiary alicyclic amines) is 1. The molecule has 2 heterocycles.